The minimum Gasteiger partial charge on any atom is -0.505 e. The zero-order chi connectivity index (χ0) is 12.8. The molecule has 1 aromatic carbocycles. The van der Waals surface area contributed by atoms with Crippen molar-refractivity contribution in [2.45, 2.75) is 13.8 Å². The van der Waals surface area contributed by atoms with Crippen LogP contribution in [0.5, 0.6) is 5.75 Å². The second-order valence-corrected chi connectivity index (χ2v) is 3.87. The molecule has 5 nitrogen and oxygen atoms in total. The number of carbonyl (C=O) groups excluding carboxylic acids is 1. The molecule has 17 heavy (non-hydrogen) atoms. The molecule has 0 aliphatic rings. The number of nitrogens with two attached hydrogens (primary N) is 1. The van der Waals surface area contributed by atoms with Crippen LogP contribution in [0.25, 0.3) is 0 Å². The minimum absolute atomic E-state index is 0.0658. The Morgan fingerprint density at radius 1 is 1.47 bits per heavy atom. The van der Waals surface area contributed by atoms with E-state index in [2.05, 4.69) is 5.32 Å². The average Bonchev–Trinajstić information content (AvgIpc) is 2.25. The number of phenolic OH excluding ortho intramolecular Hbond substituents is 1. The summed E-state index contributed by atoms with van der Waals surface area (Å²) in [6.07, 6.45) is 0. The number of hydrogen-bond donors (Lipinski definition) is 3. The Kier molecular flexibility index (Phi) is 4.93. The number of aromatic hydroxyl groups is 1. The molecule has 94 valence electrons. The van der Waals surface area contributed by atoms with Gasteiger partial charge in [0.05, 0.1) is 12.3 Å². The standard InChI is InChI=1S/C12H18N2O3/c1-8-5-9(2)12(16)10(6-8)14-11(15)7-17-4-3-13/h5-6,16H,3-4,7,13H2,1-2H3,(H,14,15). The predicted molar refractivity (Wildman–Crippen MR) is 66.1 cm³/mol. The van der Waals surface area contributed by atoms with E-state index in [4.69, 9.17) is 10.5 Å². The van der Waals surface area contributed by atoms with Gasteiger partial charge in [-0.25, -0.2) is 0 Å². The Balaban J connectivity index is 2.65. The number of benzene rings is 1. The Morgan fingerprint density at radius 2 is 2.18 bits per heavy atom. The van der Waals surface area contributed by atoms with Crippen molar-refractivity contribution >= 4 is 11.6 Å². The van der Waals surface area contributed by atoms with E-state index >= 15 is 0 Å². The van der Waals surface area contributed by atoms with E-state index in [9.17, 15) is 9.90 Å². The maximum atomic E-state index is 11.5. The fourth-order valence-electron chi connectivity index (χ4n) is 1.49. The summed E-state index contributed by atoms with van der Waals surface area (Å²) < 4.78 is 5.00. The van der Waals surface area contributed by atoms with Crippen molar-refractivity contribution in [2.24, 2.45) is 5.73 Å². The molecule has 1 amide bonds. The number of anilines is 1. The van der Waals surface area contributed by atoms with Gasteiger partial charge in [0.2, 0.25) is 5.91 Å². The van der Waals surface area contributed by atoms with Crippen molar-refractivity contribution in [1.82, 2.24) is 0 Å². The number of nitrogens with one attached hydrogen (secondary N) is 1. The maximum Gasteiger partial charge on any atom is 0.250 e. The number of hydrogen-bond acceptors (Lipinski definition) is 4. The summed E-state index contributed by atoms with van der Waals surface area (Å²) in [4.78, 5) is 11.5. The smallest absolute Gasteiger partial charge is 0.250 e. The summed E-state index contributed by atoms with van der Waals surface area (Å²) in [5, 5.41) is 12.4. The van der Waals surface area contributed by atoms with Crippen LogP contribution in [0.2, 0.25) is 0 Å². The summed E-state index contributed by atoms with van der Waals surface area (Å²) >= 11 is 0. The second-order valence-electron chi connectivity index (χ2n) is 3.87. The molecule has 0 heterocycles. The Morgan fingerprint density at radius 3 is 2.82 bits per heavy atom. The highest BCUT2D eigenvalue weighted by molar-refractivity contribution is 5.93. The van der Waals surface area contributed by atoms with Crippen LogP contribution in [0.4, 0.5) is 5.69 Å². The quantitative estimate of drug-likeness (QED) is 0.526. The van der Waals surface area contributed by atoms with E-state index < -0.39 is 0 Å². The Labute approximate surface area is 101 Å². The van der Waals surface area contributed by atoms with Gasteiger partial charge in [-0.15, -0.1) is 0 Å². The van der Waals surface area contributed by atoms with Gasteiger partial charge in [-0.05, 0) is 31.0 Å². The fourth-order valence-corrected chi connectivity index (χ4v) is 1.49. The number of carbonyl (C=O) groups is 1. The van der Waals surface area contributed by atoms with E-state index in [1.165, 1.54) is 0 Å². The summed E-state index contributed by atoms with van der Waals surface area (Å²) in [6, 6.07) is 3.55. The molecule has 0 spiro atoms. The lowest BCUT2D eigenvalue weighted by Gasteiger charge is -2.10. The van der Waals surface area contributed by atoms with E-state index in [-0.39, 0.29) is 18.3 Å². The van der Waals surface area contributed by atoms with Crippen LogP contribution >= 0.6 is 0 Å². The normalized spacial score (nSPS) is 10.3. The van der Waals surface area contributed by atoms with E-state index in [1.54, 1.807) is 13.0 Å². The molecule has 0 unspecified atom stereocenters. The molecule has 0 saturated carbocycles. The molecule has 5 heteroatoms. The zero-order valence-electron chi connectivity index (χ0n) is 10.1. The van der Waals surface area contributed by atoms with Crippen molar-refractivity contribution in [1.29, 1.82) is 0 Å². The number of phenols is 1. The maximum absolute atomic E-state index is 11.5. The van der Waals surface area contributed by atoms with Crippen molar-refractivity contribution in [2.75, 3.05) is 25.1 Å². The van der Waals surface area contributed by atoms with Gasteiger partial charge in [0.1, 0.15) is 12.4 Å². The topological polar surface area (TPSA) is 84.6 Å². The third kappa shape index (κ3) is 4.05. The largest absolute Gasteiger partial charge is 0.505 e. The van der Waals surface area contributed by atoms with Crippen molar-refractivity contribution in [3.05, 3.63) is 23.3 Å². The van der Waals surface area contributed by atoms with Crippen molar-refractivity contribution < 1.29 is 14.6 Å². The molecule has 0 fully saturated rings. The lowest BCUT2D eigenvalue weighted by atomic mass is 10.1. The predicted octanol–water partition coefficient (Wildman–Crippen LogP) is 0.923. The highest BCUT2D eigenvalue weighted by Crippen LogP contribution is 2.28. The van der Waals surface area contributed by atoms with Crippen LogP contribution in [-0.2, 0) is 9.53 Å². The highest BCUT2D eigenvalue weighted by atomic mass is 16.5. The van der Waals surface area contributed by atoms with Crippen molar-refractivity contribution in [3.8, 4) is 5.75 Å². The van der Waals surface area contributed by atoms with Crippen LogP contribution in [0.3, 0.4) is 0 Å². The molecule has 0 bridgehead atoms. The minimum atomic E-state index is -0.307. The van der Waals surface area contributed by atoms with Gasteiger partial charge < -0.3 is 20.9 Å². The summed E-state index contributed by atoms with van der Waals surface area (Å²) in [5.41, 5.74) is 7.34. The third-order valence-electron chi connectivity index (χ3n) is 2.21. The number of aryl methyl sites for hydroxylation is 2. The molecule has 0 aliphatic heterocycles. The number of ether oxygens (including phenoxy) is 1. The highest BCUT2D eigenvalue weighted by Gasteiger charge is 2.09. The number of rotatable bonds is 5. The van der Waals surface area contributed by atoms with Gasteiger partial charge in [-0.2, -0.15) is 0 Å². The SMILES string of the molecule is Cc1cc(C)c(O)c(NC(=O)COCCN)c1. The summed E-state index contributed by atoms with van der Waals surface area (Å²) in [7, 11) is 0. The molecule has 4 N–H and O–H groups in total. The molecule has 0 atom stereocenters. The molecule has 1 rings (SSSR count). The van der Waals surface area contributed by atoms with Crippen LogP contribution in [0.15, 0.2) is 12.1 Å². The first kappa shape index (κ1) is 13.5. The molecule has 0 saturated heterocycles. The first-order chi connectivity index (χ1) is 8.04. The van der Waals surface area contributed by atoms with E-state index in [0.29, 0.717) is 18.8 Å². The van der Waals surface area contributed by atoms with Gasteiger partial charge in [0.25, 0.3) is 0 Å². The lowest BCUT2D eigenvalue weighted by molar-refractivity contribution is -0.120. The van der Waals surface area contributed by atoms with Gasteiger partial charge in [0, 0.05) is 6.54 Å². The Bertz CT molecular complexity index is 405. The fraction of sp³-hybridized carbons (Fsp3) is 0.417. The molecule has 0 aliphatic carbocycles. The molecule has 1 aromatic rings. The van der Waals surface area contributed by atoms with Gasteiger partial charge in [0.15, 0.2) is 0 Å². The monoisotopic (exact) mass is 238 g/mol. The van der Waals surface area contributed by atoms with Gasteiger partial charge >= 0.3 is 0 Å². The molecular formula is C12H18N2O3. The van der Waals surface area contributed by atoms with E-state index in [0.717, 1.165) is 11.1 Å². The second kappa shape index (κ2) is 6.22. The van der Waals surface area contributed by atoms with Crippen molar-refractivity contribution in [3.63, 3.8) is 0 Å². The average molecular weight is 238 g/mol. The van der Waals surface area contributed by atoms with Gasteiger partial charge in [-0.1, -0.05) is 6.07 Å². The summed E-state index contributed by atoms with van der Waals surface area (Å²) in [5.74, 6) is -0.221. The Hall–Kier alpha value is -1.59. The summed E-state index contributed by atoms with van der Waals surface area (Å²) in [6.45, 7) is 4.33. The molecular weight excluding hydrogens is 220 g/mol. The number of amides is 1. The van der Waals surface area contributed by atoms with E-state index in [1.807, 2.05) is 13.0 Å². The van der Waals surface area contributed by atoms with Gasteiger partial charge in [-0.3, -0.25) is 4.79 Å². The van der Waals surface area contributed by atoms with Crippen LogP contribution < -0.4 is 11.1 Å². The molecule has 0 radical (unpaired) electrons. The third-order valence-corrected chi connectivity index (χ3v) is 2.21. The molecule has 0 aromatic heterocycles. The first-order valence-electron chi connectivity index (χ1n) is 5.42. The zero-order valence-corrected chi connectivity index (χ0v) is 10.1. The van der Waals surface area contributed by atoms with Crippen LogP contribution in [0.1, 0.15) is 11.1 Å². The first-order valence-corrected chi connectivity index (χ1v) is 5.42. The van der Waals surface area contributed by atoms with Crippen LogP contribution in [-0.4, -0.2) is 30.8 Å². The van der Waals surface area contributed by atoms with Crippen LogP contribution in [0, 0.1) is 13.8 Å². The lowest BCUT2D eigenvalue weighted by Crippen LogP contribution is -2.20.